The van der Waals surface area contributed by atoms with Gasteiger partial charge in [0.15, 0.2) is 30.5 Å². The topological polar surface area (TPSA) is 337 Å². The fourth-order valence-corrected chi connectivity index (χ4v) is 11.0. The smallest absolute Gasteiger partial charge is 0.251 e. The van der Waals surface area contributed by atoms with Crippen LogP contribution < -0.4 is 5.32 Å². The van der Waals surface area contributed by atoms with Gasteiger partial charge in [0, 0.05) is 31.1 Å². The molecule has 5 aliphatic rings. The number of halogens is 2. The Morgan fingerprint density at radius 3 is 2.11 bits per heavy atom. The number of aliphatic hydroxyl groups is 8. The van der Waals surface area contributed by atoms with Crippen LogP contribution in [-0.2, 0) is 42.7 Å². The van der Waals surface area contributed by atoms with E-state index in [0.717, 1.165) is 17.2 Å². The largest absolute Gasteiger partial charge is 0.394 e. The maximum Gasteiger partial charge on any atom is 0.251 e. The second-order valence-electron chi connectivity index (χ2n) is 21.0. The minimum atomic E-state index is -1.80. The van der Waals surface area contributed by atoms with Crippen LogP contribution in [0.3, 0.4) is 0 Å². The molecule has 79 heavy (non-hydrogen) atoms. The number of aryl methyl sites for hydroxylation is 1. The van der Waals surface area contributed by atoms with Gasteiger partial charge in [0.2, 0.25) is 5.91 Å². The van der Waals surface area contributed by atoms with E-state index in [4.69, 9.17) is 33.2 Å². The Labute approximate surface area is 452 Å². The zero-order chi connectivity index (χ0) is 56.4. The molecule has 0 bridgehead atoms. The third-order valence-corrected chi connectivity index (χ3v) is 15.4. The van der Waals surface area contributed by atoms with Crippen molar-refractivity contribution in [2.45, 2.75) is 176 Å². The SMILES string of the molecule is CCC[C@H](OC1C(NC(C)=O)[C@H](O[C@@H]2CC(CO[C@H]3OC(CO)[C@@H](O)C(n4cc(-c5cc(C)c(F)c(F)c5)nn4)C3O)CC(n3cc(-c4ccccc4)nn3)[C@H]2O[C@@H]2OC(C)[C@@H](O)[C@H](O)C2O)O[C@@H](CO)[C@@H]1O)C(=O)N1CCC1. The zero-order valence-electron chi connectivity index (χ0n) is 44.0. The Morgan fingerprint density at radius 1 is 0.785 bits per heavy atom. The molecule has 27 heteroatoms. The van der Waals surface area contributed by atoms with Crippen molar-refractivity contribution in [3.8, 4) is 22.5 Å². The van der Waals surface area contributed by atoms with Crippen molar-refractivity contribution in [3.05, 3.63) is 72.1 Å². The predicted molar refractivity (Wildman–Crippen MR) is 266 cm³/mol. The van der Waals surface area contributed by atoms with Crippen molar-refractivity contribution in [1.29, 1.82) is 0 Å². The Kier molecular flexibility index (Phi) is 18.8. The van der Waals surface area contributed by atoms with E-state index in [1.807, 2.05) is 37.3 Å². The van der Waals surface area contributed by atoms with Crippen LogP contribution in [0.2, 0.25) is 0 Å². The van der Waals surface area contributed by atoms with Gasteiger partial charge in [-0.3, -0.25) is 9.59 Å². The average Bonchev–Trinajstić information content (AvgIpc) is 4.28. The number of likely N-dealkylation sites (tertiary alicyclic amines) is 1. The summed E-state index contributed by atoms with van der Waals surface area (Å²) in [7, 11) is 0. The number of benzene rings is 2. The van der Waals surface area contributed by atoms with Gasteiger partial charge in [-0.2, -0.15) is 0 Å². The minimum Gasteiger partial charge on any atom is -0.394 e. The summed E-state index contributed by atoms with van der Waals surface area (Å²) in [6, 6.07) is 7.74. The highest BCUT2D eigenvalue weighted by Crippen LogP contribution is 2.42. The lowest BCUT2D eigenvalue weighted by Crippen LogP contribution is -2.67. The summed E-state index contributed by atoms with van der Waals surface area (Å²) < 4.78 is 76.0. The van der Waals surface area contributed by atoms with E-state index in [-0.39, 0.29) is 48.6 Å². The van der Waals surface area contributed by atoms with Crippen molar-refractivity contribution in [3.63, 3.8) is 0 Å². The van der Waals surface area contributed by atoms with Crippen LogP contribution in [0, 0.1) is 24.5 Å². The van der Waals surface area contributed by atoms with Gasteiger partial charge in [0.1, 0.15) is 90.6 Å². The van der Waals surface area contributed by atoms with Gasteiger partial charge in [-0.1, -0.05) is 54.1 Å². The van der Waals surface area contributed by atoms with Crippen LogP contribution in [-0.4, -0.2) is 225 Å². The van der Waals surface area contributed by atoms with E-state index in [1.54, 1.807) is 11.1 Å². The highest BCUT2D eigenvalue weighted by Gasteiger charge is 2.54. The number of aliphatic hydroxyl groups excluding tert-OH is 8. The number of ether oxygens (including phenoxy) is 7. The number of hydrogen-bond acceptors (Lipinski definition) is 21. The second-order valence-corrected chi connectivity index (χ2v) is 21.0. The predicted octanol–water partition coefficient (Wildman–Crippen LogP) is -0.595. The van der Waals surface area contributed by atoms with Crippen LogP contribution >= 0.6 is 0 Å². The van der Waals surface area contributed by atoms with Crippen LogP contribution in [0.25, 0.3) is 22.5 Å². The Morgan fingerprint density at radius 2 is 1.46 bits per heavy atom. The molecule has 25 nitrogen and oxygen atoms in total. The van der Waals surface area contributed by atoms with Gasteiger partial charge in [-0.05, 0) is 63.1 Å². The lowest BCUT2D eigenvalue weighted by Gasteiger charge is -2.49. The molecule has 20 atom stereocenters. The standard InChI is InChI=1S/C52H70F2N8O17/c1-5-10-34(49(72)60-13-9-14-60)75-48-39(55-26(4)65)50(77-37(22-64)43(48)68)76-35-17-27(16-33(61-19-31(56-58-61)28-11-7-6-8-12-28)47(35)79-52-46(71)45(70)41(66)25(3)74-52)23-73-51-44(69)40(42(67)36(21-63)78-51)62-20-32(57-59-62)29-15-24(2)38(54)30(53)18-29/h6-8,11-12,15,18-20,25,27,33-37,39-48,50-52,63-64,66-71H,5,9-10,13-14,16-17,21-23H2,1-4H3,(H,55,65)/t25?,27?,33?,34-,35+,36?,37-,39?,40?,41+,42+,43-,44?,45-,46?,47+,48?,50+,51-,52-/m0/s1. The number of nitrogens with one attached hydrogen (secondary N) is 1. The molecule has 2 aromatic heterocycles. The first-order valence-corrected chi connectivity index (χ1v) is 26.6. The highest BCUT2D eigenvalue weighted by molar-refractivity contribution is 5.81. The molecular formula is C52H70F2N8O17. The quantitative estimate of drug-likeness (QED) is 0.0566. The monoisotopic (exact) mass is 1120 g/mol. The molecule has 4 aromatic rings. The maximum absolute atomic E-state index is 14.5. The lowest BCUT2D eigenvalue weighted by molar-refractivity contribution is -0.339. The van der Waals surface area contributed by atoms with Crippen molar-refractivity contribution in [2.75, 3.05) is 32.9 Å². The zero-order valence-corrected chi connectivity index (χ0v) is 44.0. The van der Waals surface area contributed by atoms with Crippen molar-refractivity contribution < 1.29 is 92.4 Å². The van der Waals surface area contributed by atoms with Crippen LogP contribution in [0.15, 0.2) is 54.9 Å². The summed E-state index contributed by atoms with van der Waals surface area (Å²) in [6.45, 7) is 5.23. The number of rotatable bonds is 19. The second kappa shape index (κ2) is 25.4. The van der Waals surface area contributed by atoms with Crippen molar-refractivity contribution in [1.82, 2.24) is 40.2 Å². The first-order valence-electron chi connectivity index (χ1n) is 26.6. The van der Waals surface area contributed by atoms with Crippen LogP contribution in [0.4, 0.5) is 8.78 Å². The van der Waals surface area contributed by atoms with Gasteiger partial charge in [-0.15, -0.1) is 10.2 Å². The molecule has 2 aromatic carbocycles. The Bertz CT molecular complexity index is 2650. The van der Waals surface area contributed by atoms with Gasteiger partial charge in [0.05, 0.1) is 50.5 Å². The fourth-order valence-electron chi connectivity index (χ4n) is 11.0. The third kappa shape index (κ3) is 12.6. The summed E-state index contributed by atoms with van der Waals surface area (Å²) >= 11 is 0. The van der Waals surface area contributed by atoms with E-state index in [1.165, 1.54) is 37.7 Å². The van der Waals surface area contributed by atoms with Crippen LogP contribution in [0.1, 0.15) is 70.5 Å². The molecule has 4 aliphatic heterocycles. The van der Waals surface area contributed by atoms with E-state index >= 15 is 0 Å². The molecular weight excluding hydrogens is 1050 g/mol. The number of nitrogens with zero attached hydrogens (tertiary/aromatic N) is 7. The molecule has 9 unspecified atom stereocenters. The molecule has 434 valence electrons. The number of carbonyl (C=O) groups excluding carboxylic acids is 2. The van der Waals surface area contributed by atoms with Gasteiger partial charge in [0.25, 0.3) is 5.91 Å². The van der Waals surface area contributed by atoms with Crippen molar-refractivity contribution in [2.24, 2.45) is 5.92 Å². The fraction of sp³-hybridized carbons (Fsp3) is 0.654. The summed E-state index contributed by atoms with van der Waals surface area (Å²) in [5, 5.41) is 109. The summed E-state index contributed by atoms with van der Waals surface area (Å²) in [5.74, 6) is -3.71. The van der Waals surface area contributed by atoms with Crippen LogP contribution in [0.5, 0.6) is 0 Å². The molecule has 1 aliphatic carbocycles. The van der Waals surface area contributed by atoms with E-state index < -0.39 is 153 Å². The first-order chi connectivity index (χ1) is 37.9. The maximum atomic E-state index is 14.5. The Balaban J connectivity index is 1.06. The molecule has 0 spiro atoms. The summed E-state index contributed by atoms with van der Waals surface area (Å²) in [5.41, 5.74) is 1.40. The van der Waals surface area contributed by atoms with E-state index in [9.17, 15) is 59.2 Å². The Hall–Kier alpha value is -5.08. The normalized spacial score (nSPS) is 35.4. The van der Waals surface area contributed by atoms with Gasteiger partial charge < -0.3 is 84.2 Å². The average molecular weight is 1120 g/mol. The molecule has 0 radical (unpaired) electrons. The molecule has 1 saturated carbocycles. The van der Waals surface area contributed by atoms with E-state index in [0.29, 0.717) is 30.8 Å². The molecule has 4 saturated heterocycles. The molecule has 6 heterocycles. The number of amides is 2. The highest BCUT2D eigenvalue weighted by atomic mass is 19.2. The van der Waals surface area contributed by atoms with E-state index in [2.05, 4.69) is 25.9 Å². The summed E-state index contributed by atoms with van der Waals surface area (Å²) in [6.07, 6.45) is -18.8. The van der Waals surface area contributed by atoms with Gasteiger partial charge >= 0.3 is 0 Å². The summed E-state index contributed by atoms with van der Waals surface area (Å²) in [4.78, 5) is 28.5. The molecule has 5 fully saturated rings. The molecule has 2 amide bonds. The van der Waals surface area contributed by atoms with Gasteiger partial charge in [-0.25, -0.2) is 18.1 Å². The molecule has 9 rings (SSSR count). The molecule has 9 N–H and O–H groups in total. The van der Waals surface area contributed by atoms with Crippen molar-refractivity contribution >= 4 is 11.8 Å². The first kappa shape index (κ1) is 58.6. The third-order valence-electron chi connectivity index (χ3n) is 15.4. The number of hydrogen-bond donors (Lipinski definition) is 9. The lowest BCUT2D eigenvalue weighted by atomic mass is 9.81. The number of aromatic nitrogens is 6. The number of carbonyl (C=O) groups is 2. The minimum absolute atomic E-state index is 0.00459.